The Hall–Kier alpha value is -2.84. The van der Waals surface area contributed by atoms with E-state index in [2.05, 4.69) is 20.3 Å². The molecule has 3 aromatic heterocycles. The Kier molecular flexibility index (Phi) is 4.59. The number of carbonyl (C=O) groups excluding carboxylic acids is 1. The summed E-state index contributed by atoms with van der Waals surface area (Å²) in [5.41, 5.74) is 2.36. The van der Waals surface area contributed by atoms with E-state index in [9.17, 15) is 4.79 Å². The first kappa shape index (κ1) is 16.6. The maximum Gasteiger partial charge on any atom is 0.232 e. The topological polar surface area (TPSA) is 77.0 Å². The zero-order chi connectivity index (χ0) is 17.9. The second-order valence-electron chi connectivity index (χ2n) is 5.44. The Morgan fingerprint density at radius 1 is 1.23 bits per heavy atom. The molecule has 130 valence electrons. The molecular formula is C18H14N4O2S2. The number of thiazole rings is 2. The van der Waals surface area contributed by atoms with Crippen LogP contribution in [0.25, 0.3) is 20.9 Å². The van der Waals surface area contributed by atoms with Gasteiger partial charge in [-0.3, -0.25) is 9.78 Å². The van der Waals surface area contributed by atoms with Crippen molar-refractivity contribution in [1.29, 1.82) is 0 Å². The van der Waals surface area contributed by atoms with E-state index in [1.54, 1.807) is 13.3 Å². The second-order valence-corrected chi connectivity index (χ2v) is 7.33. The molecule has 4 aromatic rings. The van der Waals surface area contributed by atoms with Crippen LogP contribution in [0.4, 0.5) is 5.13 Å². The van der Waals surface area contributed by atoms with Gasteiger partial charge in [0.15, 0.2) is 5.13 Å². The first-order chi connectivity index (χ1) is 12.7. The summed E-state index contributed by atoms with van der Waals surface area (Å²) >= 11 is 2.90. The van der Waals surface area contributed by atoms with Crippen LogP contribution in [-0.2, 0) is 11.2 Å². The fourth-order valence-corrected chi connectivity index (χ4v) is 4.11. The standard InChI is InChI=1S/C18H14N4O2S2/c1-24-12-5-6-13-15(9-12)26-18(21-13)22-16(23)8-11-10-25-17(20-11)14-4-2-3-7-19-14/h2-7,9-10H,8H2,1H3,(H,21,22,23). The zero-order valence-corrected chi connectivity index (χ0v) is 15.4. The van der Waals surface area contributed by atoms with Crippen molar-refractivity contribution in [3.63, 3.8) is 0 Å². The van der Waals surface area contributed by atoms with E-state index in [0.717, 1.165) is 32.4 Å². The van der Waals surface area contributed by atoms with Crippen LogP contribution in [0.5, 0.6) is 5.75 Å². The van der Waals surface area contributed by atoms with Gasteiger partial charge in [0.2, 0.25) is 5.91 Å². The molecule has 0 unspecified atom stereocenters. The number of carbonyl (C=O) groups is 1. The maximum atomic E-state index is 12.3. The third-order valence-corrected chi connectivity index (χ3v) is 5.47. The molecule has 0 spiro atoms. The van der Waals surface area contributed by atoms with Crippen molar-refractivity contribution in [2.75, 3.05) is 12.4 Å². The lowest BCUT2D eigenvalue weighted by molar-refractivity contribution is -0.115. The number of fused-ring (bicyclic) bond motifs is 1. The third kappa shape index (κ3) is 3.56. The van der Waals surface area contributed by atoms with Crippen molar-refractivity contribution < 1.29 is 9.53 Å². The van der Waals surface area contributed by atoms with Crippen molar-refractivity contribution in [2.45, 2.75) is 6.42 Å². The summed E-state index contributed by atoms with van der Waals surface area (Å²) in [4.78, 5) is 25.5. The number of pyridine rings is 1. The van der Waals surface area contributed by atoms with Gasteiger partial charge in [-0.15, -0.1) is 11.3 Å². The Labute approximate surface area is 157 Å². The van der Waals surface area contributed by atoms with Gasteiger partial charge in [0.1, 0.15) is 10.8 Å². The lowest BCUT2D eigenvalue weighted by Crippen LogP contribution is -2.14. The van der Waals surface area contributed by atoms with E-state index in [1.807, 2.05) is 41.8 Å². The number of rotatable bonds is 5. The second kappa shape index (κ2) is 7.19. The highest BCUT2D eigenvalue weighted by molar-refractivity contribution is 7.22. The molecule has 4 rings (SSSR count). The van der Waals surface area contributed by atoms with Gasteiger partial charge in [-0.25, -0.2) is 9.97 Å². The van der Waals surface area contributed by atoms with E-state index >= 15 is 0 Å². The minimum Gasteiger partial charge on any atom is -0.497 e. The zero-order valence-electron chi connectivity index (χ0n) is 13.8. The largest absolute Gasteiger partial charge is 0.497 e. The van der Waals surface area contributed by atoms with E-state index in [0.29, 0.717) is 5.13 Å². The first-order valence-corrected chi connectivity index (χ1v) is 9.51. The summed E-state index contributed by atoms with van der Waals surface area (Å²) < 4.78 is 6.17. The Morgan fingerprint density at radius 2 is 2.15 bits per heavy atom. The van der Waals surface area contributed by atoms with E-state index in [1.165, 1.54) is 22.7 Å². The molecule has 0 bridgehead atoms. The van der Waals surface area contributed by atoms with Gasteiger partial charge in [-0.2, -0.15) is 0 Å². The van der Waals surface area contributed by atoms with Crippen molar-refractivity contribution >= 4 is 43.9 Å². The van der Waals surface area contributed by atoms with Crippen molar-refractivity contribution in [1.82, 2.24) is 15.0 Å². The summed E-state index contributed by atoms with van der Waals surface area (Å²) in [5, 5.41) is 6.10. The van der Waals surface area contributed by atoms with Gasteiger partial charge >= 0.3 is 0 Å². The number of aromatic nitrogens is 3. The summed E-state index contributed by atoms with van der Waals surface area (Å²) in [6.07, 6.45) is 1.92. The van der Waals surface area contributed by atoms with E-state index < -0.39 is 0 Å². The molecule has 8 heteroatoms. The Morgan fingerprint density at radius 3 is 2.96 bits per heavy atom. The molecule has 1 N–H and O–H groups in total. The highest BCUT2D eigenvalue weighted by Crippen LogP contribution is 2.29. The Bertz CT molecular complexity index is 1060. The monoisotopic (exact) mass is 382 g/mol. The smallest absolute Gasteiger partial charge is 0.232 e. The molecule has 3 heterocycles. The number of hydrogen-bond donors (Lipinski definition) is 1. The molecule has 26 heavy (non-hydrogen) atoms. The third-order valence-electron chi connectivity index (χ3n) is 3.62. The number of anilines is 1. The van der Waals surface area contributed by atoms with Crippen molar-refractivity contribution in [2.24, 2.45) is 0 Å². The SMILES string of the molecule is COc1ccc2nc(NC(=O)Cc3csc(-c4ccccn4)n3)sc2c1. The molecule has 0 aliphatic rings. The predicted molar refractivity (Wildman–Crippen MR) is 104 cm³/mol. The van der Waals surface area contributed by atoms with Crippen LogP contribution in [0.1, 0.15) is 5.69 Å². The molecule has 0 aliphatic heterocycles. The molecule has 0 atom stereocenters. The average Bonchev–Trinajstić information content (AvgIpc) is 3.28. The van der Waals surface area contributed by atoms with E-state index in [4.69, 9.17) is 4.74 Å². The van der Waals surface area contributed by atoms with Crippen LogP contribution >= 0.6 is 22.7 Å². The van der Waals surface area contributed by atoms with Gasteiger partial charge in [0, 0.05) is 11.6 Å². The molecule has 0 radical (unpaired) electrons. The molecule has 0 aliphatic carbocycles. The molecular weight excluding hydrogens is 368 g/mol. The summed E-state index contributed by atoms with van der Waals surface area (Å²) in [6.45, 7) is 0. The summed E-state index contributed by atoms with van der Waals surface area (Å²) in [5.74, 6) is 0.623. The van der Waals surface area contributed by atoms with E-state index in [-0.39, 0.29) is 12.3 Å². The van der Waals surface area contributed by atoms with Crippen LogP contribution < -0.4 is 10.1 Å². The van der Waals surface area contributed by atoms with Crippen LogP contribution in [0.15, 0.2) is 48.0 Å². The quantitative estimate of drug-likeness (QED) is 0.564. The number of amides is 1. The number of nitrogens with one attached hydrogen (secondary N) is 1. The van der Waals surface area contributed by atoms with Crippen LogP contribution in [0.2, 0.25) is 0 Å². The number of ether oxygens (including phenoxy) is 1. The lowest BCUT2D eigenvalue weighted by Gasteiger charge is -1.98. The fourth-order valence-electron chi connectivity index (χ4n) is 2.41. The number of benzene rings is 1. The van der Waals surface area contributed by atoms with Gasteiger partial charge in [-0.05, 0) is 30.3 Å². The molecule has 0 saturated carbocycles. The van der Waals surface area contributed by atoms with Crippen molar-refractivity contribution in [3.05, 3.63) is 53.7 Å². The lowest BCUT2D eigenvalue weighted by atomic mass is 10.3. The molecule has 1 amide bonds. The normalized spacial score (nSPS) is 10.8. The van der Waals surface area contributed by atoms with Crippen molar-refractivity contribution in [3.8, 4) is 16.5 Å². The predicted octanol–water partition coefficient (Wildman–Crippen LogP) is 4.00. The molecule has 0 saturated heterocycles. The first-order valence-electron chi connectivity index (χ1n) is 7.81. The van der Waals surface area contributed by atoms with Crippen LogP contribution in [0.3, 0.4) is 0 Å². The minimum atomic E-state index is -0.145. The van der Waals surface area contributed by atoms with Gasteiger partial charge in [0.05, 0.1) is 35.1 Å². The summed E-state index contributed by atoms with van der Waals surface area (Å²) in [7, 11) is 1.62. The molecule has 1 aromatic carbocycles. The van der Waals surface area contributed by atoms with Gasteiger partial charge < -0.3 is 10.1 Å². The molecule has 0 fully saturated rings. The van der Waals surface area contributed by atoms with Gasteiger partial charge in [-0.1, -0.05) is 17.4 Å². The fraction of sp³-hybridized carbons (Fsp3) is 0.111. The van der Waals surface area contributed by atoms with Crippen LogP contribution in [0, 0.1) is 0 Å². The minimum absolute atomic E-state index is 0.145. The summed E-state index contributed by atoms with van der Waals surface area (Å²) in [6, 6.07) is 11.3. The maximum absolute atomic E-state index is 12.3. The number of nitrogens with zero attached hydrogens (tertiary/aromatic N) is 3. The molecule has 6 nitrogen and oxygen atoms in total. The van der Waals surface area contributed by atoms with Crippen LogP contribution in [-0.4, -0.2) is 28.0 Å². The number of methoxy groups -OCH3 is 1. The Balaban J connectivity index is 1.45. The highest BCUT2D eigenvalue weighted by Gasteiger charge is 2.12. The number of hydrogen-bond acceptors (Lipinski definition) is 7. The van der Waals surface area contributed by atoms with Gasteiger partial charge in [0.25, 0.3) is 0 Å². The highest BCUT2D eigenvalue weighted by atomic mass is 32.1. The average molecular weight is 382 g/mol.